The van der Waals surface area contributed by atoms with Crippen LogP contribution in [0.5, 0.6) is 5.75 Å². The highest BCUT2D eigenvalue weighted by atomic mass is 35.5. The maximum absolute atomic E-state index is 13.3. The second-order valence-corrected chi connectivity index (χ2v) is 9.57. The summed E-state index contributed by atoms with van der Waals surface area (Å²) in [7, 11) is -4.03. The third-order valence-corrected chi connectivity index (χ3v) is 6.67. The topological polar surface area (TPSA) is 88.1 Å². The monoisotopic (exact) mass is 497 g/mol. The molecule has 3 aromatic carbocycles. The van der Waals surface area contributed by atoms with Gasteiger partial charge in [-0.15, -0.1) is 0 Å². The molecule has 0 aliphatic rings. The zero-order valence-corrected chi connectivity index (χ0v) is 20.1. The lowest BCUT2D eigenvalue weighted by molar-refractivity contribution is -0.119. The fraction of sp³-hybridized carbons (Fsp3) is 0.120. The number of carbonyl (C=O) groups is 1. The van der Waals surface area contributed by atoms with E-state index in [4.69, 9.17) is 16.3 Å². The van der Waals surface area contributed by atoms with Gasteiger partial charge in [-0.3, -0.25) is 9.10 Å². The molecule has 0 bridgehead atoms. The van der Waals surface area contributed by atoms with Crippen molar-refractivity contribution in [2.75, 3.05) is 17.5 Å². The molecule has 0 fully saturated rings. The van der Waals surface area contributed by atoms with Crippen LogP contribution in [-0.2, 0) is 14.8 Å². The van der Waals surface area contributed by atoms with Crippen LogP contribution in [0.1, 0.15) is 11.1 Å². The molecule has 3 aromatic rings. The average Bonchev–Trinajstić information content (AvgIpc) is 2.82. The van der Waals surface area contributed by atoms with Gasteiger partial charge in [-0.2, -0.15) is 5.10 Å². The summed E-state index contributed by atoms with van der Waals surface area (Å²) < 4.78 is 33.1. The Balaban J connectivity index is 1.76. The summed E-state index contributed by atoms with van der Waals surface area (Å²) in [5.41, 5.74) is 4.28. The molecule has 0 radical (unpaired) electrons. The quantitative estimate of drug-likeness (QED) is 0.253. The van der Waals surface area contributed by atoms with Crippen LogP contribution in [-0.4, -0.2) is 33.7 Å². The van der Waals surface area contributed by atoms with E-state index in [0.29, 0.717) is 17.4 Å². The van der Waals surface area contributed by atoms with E-state index in [1.165, 1.54) is 24.4 Å². The number of halogens is 1. The number of aryl methyl sites for hydroxylation is 1. The molecule has 0 aliphatic carbocycles. The van der Waals surface area contributed by atoms with E-state index in [9.17, 15) is 13.2 Å². The molecule has 0 aromatic heterocycles. The van der Waals surface area contributed by atoms with Crippen molar-refractivity contribution in [3.05, 3.63) is 102 Å². The van der Waals surface area contributed by atoms with E-state index < -0.39 is 22.5 Å². The number of rotatable bonds is 10. The Morgan fingerprint density at radius 2 is 1.82 bits per heavy atom. The predicted molar refractivity (Wildman–Crippen MR) is 135 cm³/mol. The van der Waals surface area contributed by atoms with Crippen LogP contribution in [0.3, 0.4) is 0 Å². The molecule has 3 rings (SSSR count). The SMILES string of the molecule is C=CCOc1ccc(/C=N\NC(=O)CN(c2cccc(Cl)c2)S(=O)(=O)c2ccc(C)cc2)cc1. The van der Waals surface area contributed by atoms with Crippen molar-refractivity contribution in [3.8, 4) is 5.75 Å². The summed E-state index contributed by atoms with van der Waals surface area (Å²) in [6, 6.07) is 19.8. The minimum absolute atomic E-state index is 0.0631. The van der Waals surface area contributed by atoms with Crippen LogP contribution in [0.2, 0.25) is 5.02 Å². The Morgan fingerprint density at radius 1 is 1.12 bits per heavy atom. The molecule has 0 atom stereocenters. The highest BCUT2D eigenvalue weighted by Crippen LogP contribution is 2.26. The second-order valence-electron chi connectivity index (χ2n) is 7.27. The van der Waals surface area contributed by atoms with Gasteiger partial charge in [0.2, 0.25) is 0 Å². The van der Waals surface area contributed by atoms with Crippen LogP contribution >= 0.6 is 11.6 Å². The number of amides is 1. The first kappa shape index (κ1) is 25.0. The number of hydrogen-bond donors (Lipinski definition) is 1. The molecule has 0 saturated carbocycles. The molecule has 1 N–H and O–H groups in total. The zero-order chi connectivity index (χ0) is 24.6. The molecule has 1 amide bonds. The number of nitrogens with one attached hydrogen (secondary N) is 1. The van der Waals surface area contributed by atoms with Crippen molar-refractivity contribution in [2.45, 2.75) is 11.8 Å². The number of anilines is 1. The molecule has 0 spiro atoms. The van der Waals surface area contributed by atoms with Gasteiger partial charge in [0, 0.05) is 5.02 Å². The Bertz CT molecular complexity index is 1270. The van der Waals surface area contributed by atoms with Gasteiger partial charge in [-0.25, -0.2) is 13.8 Å². The van der Waals surface area contributed by atoms with Crippen molar-refractivity contribution in [3.63, 3.8) is 0 Å². The number of ether oxygens (including phenoxy) is 1. The summed E-state index contributed by atoms with van der Waals surface area (Å²) >= 11 is 6.07. The summed E-state index contributed by atoms with van der Waals surface area (Å²) in [5.74, 6) is 0.0670. The minimum atomic E-state index is -4.03. The van der Waals surface area contributed by atoms with E-state index in [1.807, 2.05) is 6.92 Å². The lowest BCUT2D eigenvalue weighted by Gasteiger charge is -2.24. The number of carbonyl (C=O) groups excluding carboxylic acids is 1. The molecule has 176 valence electrons. The Morgan fingerprint density at radius 3 is 2.47 bits per heavy atom. The van der Waals surface area contributed by atoms with E-state index in [0.717, 1.165) is 15.4 Å². The maximum atomic E-state index is 13.3. The van der Waals surface area contributed by atoms with Crippen LogP contribution in [0, 0.1) is 6.92 Å². The largest absolute Gasteiger partial charge is 0.490 e. The summed E-state index contributed by atoms with van der Waals surface area (Å²) in [5, 5.41) is 4.28. The lowest BCUT2D eigenvalue weighted by Crippen LogP contribution is -2.39. The van der Waals surface area contributed by atoms with Crippen molar-refractivity contribution in [2.24, 2.45) is 5.10 Å². The average molecular weight is 498 g/mol. The van der Waals surface area contributed by atoms with Crippen LogP contribution < -0.4 is 14.5 Å². The van der Waals surface area contributed by atoms with Gasteiger partial charge < -0.3 is 4.74 Å². The lowest BCUT2D eigenvalue weighted by atomic mass is 10.2. The number of benzene rings is 3. The van der Waals surface area contributed by atoms with Gasteiger partial charge in [-0.05, 0) is 67.1 Å². The molecule has 0 unspecified atom stereocenters. The minimum Gasteiger partial charge on any atom is -0.490 e. The van der Waals surface area contributed by atoms with Crippen LogP contribution in [0.15, 0.2) is 95.4 Å². The highest BCUT2D eigenvalue weighted by molar-refractivity contribution is 7.92. The molecule has 0 heterocycles. The summed E-state index contributed by atoms with van der Waals surface area (Å²) in [6.07, 6.45) is 3.10. The van der Waals surface area contributed by atoms with Crippen LogP contribution in [0.4, 0.5) is 5.69 Å². The third kappa shape index (κ3) is 6.69. The molecule has 34 heavy (non-hydrogen) atoms. The number of hydrogen-bond acceptors (Lipinski definition) is 5. The number of sulfonamides is 1. The Labute approximate surface area is 204 Å². The van der Waals surface area contributed by atoms with Gasteiger partial charge in [0.05, 0.1) is 16.8 Å². The van der Waals surface area contributed by atoms with Crippen molar-refractivity contribution in [1.82, 2.24) is 5.43 Å². The van der Waals surface area contributed by atoms with E-state index >= 15 is 0 Å². The first-order chi connectivity index (χ1) is 16.3. The molecule has 0 saturated heterocycles. The van der Waals surface area contributed by atoms with Gasteiger partial charge >= 0.3 is 0 Å². The smallest absolute Gasteiger partial charge is 0.264 e. The first-order valence-electron chi connectivity index (χ1n) is 10.3. The van der Waals surface area contributed by atoms with Gasteiger partial charge in [0.15, 0.2) is 0 Å². The predicted octanol–water partition coefficient (Wildman–Crippen LogP) is 4.56. The number of nitrogens with zero attached hydrogens (tertiary/aromatic N) is 2. The Kier molecular flexibility index (Phi) is 8.45. The summed E-state index contributed by atoms with van der Waals surface area (Å²) in [4.78, 5) is 12.7. The van der Waals surface area contributed by atoms with E-state index in [2.05, 4.69) is 17.1 Å². The van der Waals surface area contributed by atoms with Crippen molar-refractivity contribution >= 4 is 39.4 Å². The fourth-order valence-corrected chi connectivity index (χ4v) is 4.53. The highest BCUT2D eigenvalue weighted by Gasteiger charge is 2.27. The van der Waals surface area contributed by atoms with Crippen molar-refractivity contribution in [1.29, 1.82) is 0 Å². The van der Waals surface area contributed by atoms with Crippen molar-refractivity contribution < 1.29 is 17.9 Å². The first-order valence-corrected chi connectivity index (χ1v) is 12.1. The zero-order valence-electron chi connectivity index (χ0n) is 18.5. The molecule has 9 heteroatoms. The summed E-state index contributed by atoms with van der Waals surface area (Å²) in [6.45, 7) is 5.37. The third-order valence-electron chi connectivity index (χ3n) is 4.64. The molecular formula is C25H24ClN3O4S. The molecular weight excluding hydrogens is 474 g/mol. The molecule has 0 aliphatic heterocycles. The maximum Gasteiger partial charge on any atom is 0.264 e. The fourth-order valence-electron chi connectivity index (χ4n) is 2.93. The molecule has 7 nitrogen and oxygen atoms in total. The Hall–Kier alpha value is -3.62. The standard InChI is InChI=1S/C25H24ClN3O4S/c1-3-15-33-23-11-9-20(10-12-23)17-27-28-25(30)18-29(22-6-4-5-21(26)16-22)34(31,32)24-13-7-19(2)8-14-24/h3-14,16-17H,1,15,18H2,2H3,(H,28,30)/b27-17-. The van der Waals surface area contributed by atoms with E-state index in [-0.39, 0.29) is 10.6 Å². The number of hydrazone groups is 1. The van der Waals surface area contributed by atoms with Gasteiger partial charge in [0.25, 0.3) is 15.9 Å². The second kappa shape index (κ2) is 11.5. The van der Waals surface area contributed by atoms with Gasteiger partial charge in [0.1, 0.15) is 18.9 Å². The van der Waals surface area contributed by atoms with Crippen LogP contribution in [0.25, 0.3) is 0 Å². The normalized spacial score (nSPS) is 11.2. The van der Waals surface area contributed by atoms with Gasteiger partial charge in [-0.1, -0.05) is 48.0 Å². The van der Waals surface area contributed by atoms with E-state index in [1.54, 1.807) is 60.7 Å².